The van der Waals surface area contributed by atoms with Gasteiger partial charge in [0.05, 0.1) is 28.5 Å². The van der Waals surface area contributed by atoms with E-state index in [9.17, 15) is 14.4 Å². The number of hydrazone groups is 1. The lowest BCUT2D eigenvalue weighted by molar-refractivity contribution is -0.139. The van der Waals surface area contributed by atoms with E-state index in [0.29, 0.717) is 38.8 Å². The Morgan fingerprint density at radius 2 is 1.94 bits per heavy atom. The molecule has 2 aromatic carbocycles. The number of halogens is 2. The zero-order valence-corrected chi connectivity index (χ0v) is 19.0. The van der Waals surface area contributed by atoms with E-state index in [1.54, 1.807) is 43.3 Å². The number of rotatable bonds is 8. The maximum Gasteiger partial charge on any atom is 0.329 e. The molecule has 0 aliphatic heterocycles. The van der Waals surface area contributed by atoms with Gasteiger partial charge in [-0.15, -0.1) is 0 Å². The normalized spacial score (nSPS) is 10.5. The molecule has 0 atom stereocenters. The zero-order chi connectivity index (χ0) is 22.8. The van der Waals surface area contributed by atoms with Crippen LogP contribution in [0.4, 0.5) is 5.69 Å². The van der Waals surface area contributed by atoms with Gasteiger partial charge in [-0.3, -0.25) is 14.4 Å². The average Bonchev–Trinajstić information content (AvgIpc) is 2.74. The number of ether oxygens (including phenoxy) is 2. The molecule has 11 heteroatoms. The second kappa shape index (κ2) is 11.9. The van der Waals surface area contributed by atoms with Crippen molar-refractivity contribution in [3.05, 3.63) is 51.5 Å². The van der Waals surface area contributed by atoms with Crippen molar-refractivity contribution in [2.45, 2.75) is 6.92 Å². The molecule has 0 unspecified atom stereocenters. The molecule has 0 saturated heterocycles. The summed E-state index contributed by atoms with van der Waals surface area (Å²) in [4.78, 5) is 35.1. The first-order valence-corrected chi connectivity index (χ1v) is 10.2. The lowest BCUT2D eigenvalue weighted by Crippen LogP contribution is -2.37. The molecule has 2 aromatic rings. The van der Waals surface area contributed by atoms with Crippen LogP contribution in [0.2, 0.25) is 5.02 Å². The maximum atomic E-state index is 12.2. The highest BCUT2D eigenvalue weighted by Gasteiger charge is 2.14. The fraction of sp³-hybridized carbons (Fsp3) is 0.200. The second-order valence-electron chi connectivity index (χ2n) is 5.91. The molecule has 0 bridgehead atoms. The van der Waals surface area contributed by atoms with Crippen LogP contribution in [0.15, 0.2) is 46.0 Å². The number of amides is 3. The minimum absolute atomic E-state index is 0.282. The molecule has 0 aliphatic rings. The Balaban J connectivity index is 2.02. The molecule has 0 heterocycles. The molecule has 3 N–H and O–H groups in total. The number of carbonyl (C=O) groups is 3. The number of hydrogen-bond acceptors (Lipinski definition) is 6. The third kappa shape index (κ3) is 7.26. The molecule has 0 saturated carbocycles. The maximum absolute atomic E-state index is 12.2. The van der Waals surface area contributed by atoms with E-state index >= 15 is 0 Å². The van der Waals surface area contributed by atoms with Gasteiger partial charge >= 0.3 is 11.8 Å². The molecule has 31 heavy (non-hydrogen) atoms. The number of para-hydroxylation sites is 1. The topological polar surface area (TPSA) is 118 Å². The standard InChI is InChI=1S/C20H20BrClN4O5/c1-3-23-19(28)20(29)26-24-10-12-8-13(21)18(16(9-12)30-2)31-11-17(27)25-15-7-5-4-6-14(15)22/h4-10H,3,11H2,1-2H3,(H,23,28)(H,25,27)(H,26,29)/b24-10-. The Hall–Kier alpha value is -3.11. The van der Waals surface area contributed by atoms with Crippen LogP contribution in [-0.4, -0.2) is 44.2 Å². The third-order valence-corrected chi connectivity index (χ3v) is 4.59. The summed E-state index contributed by atoms with van der Waals surface area (Å²) in [5.41, 5.74) is 3.15. The molecular weight excluding hydrogens is 492 g/mol. The van der Waals surface area contributed by atoms with Crippen LogP contribution < -0.4 is 25.5 Å². The molecule has 0 radical (unpaired) electrons. The summed E-state index contributed by atoms with van der Waals surface area (Å²) in [7, 11) is 1.44. The van der Waals surface area contributed by atoms with Gasteiger partial charge in [-0.1, -0.05) is 23.7 Å². The van der Waals surface area contributed by atoms with Gasteiger partial charge in [-0.2, -0.15) is 5.10 Å². The van der Waals surface area contributed by atoms with Crippen molar-refractivity contribution in [2.75, 3.05) is 25.6 Å². The van der Waals surface area contributed by atoms with Gasteiger partial charge in [-0.25, -0.2) is 5.43 Å². The monoisotopic (exact) mass is 510 g/mol. The van der Waals surface area contributed by atoms with Crippen molar-refractivity contribution >= 4 is 57.2 Å². The highest BCUT2D eigenvalue weighted by Crippen LogP contribution is 2.36. The number of hydrogen-bond donors (Lipinski definition) is 3. The Bertz CT molecular complexity index is 1000. The van der Waals surface area contributed by atoms with Gasteiger partial charge < -0.3 is 20.1 Å². The van der Waals surface area contributed by atoms with Crippen LogP contribution in [-0.2, 0) is 14.4 Å². The third-order valence-electron chi connectivity index (χ3n) is 3.67. The van der Waals surface area contributed by atoms with E-state index in [1.807, 2.05) is 0 Å². The first-order valence-electron chi connectivity index (χ1n) is 9.01. The second-order valence-corrected chi connectivity index (χ2v) is 7.17. The van der Waals surface area contributed by atoms with Crippen LogP contribution in [0.3, 0.4) is 0 Å². The van der Waals surface area contributed by atoms with Crippen LogP contribution in [0.5, 0.6) is 11.5 Å². The fourth-order valence-corrected chi connectivity index (χ4v) is 3.06. The van der Waals surface area contributed by atoms with E-state index < -0.39 is 17.7 Å². The van der Waals surface area contributed by atoms with E-state index in [0.717, 1.165) is 0 Å². The van der Waals surface area contributed by atoms with Crippen LogP contribution in [0.25, 0.3) is 0 Å². The summed E-state index contributed by atoms with van der Waals surface area (Å²) in [6.45, 7) is 1.75. The number of benzene rings is 2. The first kappa shape index (κ1) is 24.2. The number of carbonyl (C=O) groups excluding carboxylic acids is 3. The van der Waals surface area contributed by atoms with Gasteiger partial charge in [0.25, 0.3) is 5.91 Å². The molecule has 0 aromatic heterocycles. The van der Waals surface area contributed by atoms with Gasteiger partial charge in [0.1, 0.15) is 0 Å². The Labute approximate surface area is 192 Å². The van der Waals surface area contributed by atoms with Gasteiger partial charge in [-0.05, 0) is 52.7 Å². The average molecular weight is 512 g/mol. The van der Waals surface area contributed by atoms with Gasteiger partial charge in [0.2, 0.25) is 0 Å². The van der Waals surface area contributed by atoms with Crippen molar-refractivity contribution in [3.8, 4) is 11.5 Å². The highest BCUT2D eigenvalue weighted by molar-refractivity contribution is 9.10. The van der Waals surface area contributed by atoms with Crippen LogP contribution in [0.1, 0.15) is 12.5 Å². The predicted molar refractivity (Wildman–Crippen MR) is 121 cm³/mol. The molecule has 2 rings (SSSR count). The predicted octanol–water partition coefficient (Wildman–Crippen LogP) is 2.71. The zero-order valence-electron chi connectivity index (χ0n) is 16.7. The van der Waals surface area contributed by atoms with E-state index in [2.05, 4.69) is 37.1 Å². The minimum Gasteiger partial charge on any atom is -0.493 e. The SMILES string of the molecule is CCNC(=O)C(=O)N/N=C\c1cc(Br)c(OCC(=O)Nc2ccccc2Cl)c(OC)c1. The summed E-state index contributed by atoms with van der Waals surface area (Å²) in [6, 6.07) is 10.1. The summed E-state index contributed by atoms with van der Waals surface area (Å²) in [5.74, 6) is -1.43. The molecule has 9 nitrogen and oxygen atoms in total. The summed E-state index contributed by atoms with van der Waals surface area (Å²) < 4.78 is 11.4. The fourth-order valence-electron chi connectivity index (χ4n) is 2.30. The van der Waals surface area contributed by atoms with Crippen molar-refractivity contribution in [3.63, 3.8) is 0 Å². The van der Waals surface area contributed by atoms with E-state index in [1.165, 1.54) is 13.3 Å². The lowest BCUT2D eigenvalue weighted by atomic mass is 10.2. The summed E-state index contributed by atoms with van der Waals surface area (Å²) in [5, 5.41) is 9.18. The molecule has 0 aliphatic carbocycles. The van der Waals surface area contributed by atoms with Crippen molar-refractivity contribution in [1.29, 1.82) is 0 Å². The molecule has 0 fully saturated rings. The lowest BCUT2D eigenvalue weighted by Gasteiger charge is -2.13. The number of nitrogens with zero attached hydrogens (tertiary/aromatic N) is 1. The van der Waals surface area contributed by atoms with E-state index in [4.69, 9.17) is 21.1 Å². The molecular formula is C20H20BrClN4O5. The number of anilines is 1. The smallest absolute Gasteiger partial charge is 0.329 e. The highest BCUT2D eigenvalue weighted by atomic mass is 79.9. The molecule has 164 valence electrons. The van der Waals surface area contributed by atoms with Crippen molar-refractivity contribution < 1.29 is 23.9 Å². The Kier molecular flexibility index (Phi) is 9.29. The molecule has 0 spiro atoms. The Morgan fingerprint density at radius 1 is 1.19 bits per heavy atom. The Morgan fingerprint density at radius 3 is 2.61 bits per heavy atom. The summed E-state index contributed by atoms with van der Waals surface area (Å²) >= 11 is 9.39. The first-order chi connectivity index (χ1) is 14.8. The van der Waals surface area contributed by atoms with Crippen molar-refractivity contribution in [2.24, 2.45) is 5.10 Å². The van der Waals surface area contributed by atoms with Gasteiger partial charge in [0.15, 0.2) is 18.1 Å². The van der Waals surface area contributed by atoms with Crippen LogP contribution >= 0.6 is 27.5 Å². The number of methoxy groups -OCH3 is 1. The summed E-state index contributed by atoms with van der Waals surface area (Å²) in [6.07, 6.45) is 1.33. The van der Waals surface area contributed by atoms with Crippen molar-refractivity contribution in [1.82, 2.24) is 10.7 Å². The number of nitrogens with one attached hydrogen (secondary N) is 3. The largest absolute Gasteiger partial charge is 0.493 e. The minimum atomic E-state index is -0.881. The van der Waals surface area contributed by atoms with Crippen LogP contribution in [0, 0.1) is 0 Å². The van der Waals surface area contributed by atoms with E-state index in [-0.39, 0.29) is 6.61 Å². The quantitative estimate of drug-likeness (QED) is 0.286. The molecule has 3 amide bonds. The number of likely N-dealkylation sites (N-methyl/N-ethyl adjacent to an activating group) is 1. The van der Waals surface area contributed by atoms with Gasteiger partial charge in [0, 0.05) is 6.54 Å².